The summed E-state index contributed by atoms with van der Waals surface area (Å²) in [5.41, 5.74) is 11.1. The number of ether oxygens (including phenoxy) is 1. The molecule has 154 valence electrons. The smallest absolute Gasteiger partial charge is 0.320 e. The average molecular weight is 405 g/mol. The highest BCUT2D eigenvalue weighted by Crippen LogP contribution is 2.33. The van der Waals surface area contributed by atoms with E-state index < -0.39 is 0 Å². The molecule has 9 heteroatoms. The molecule has 0 saturated heterocycles. The molecule has 0 radical (unpaired) electrons. The summed E-state index contributed by atoms with van der Waals surface area (Å²) in [4.78, 5) is 25.1. The summed E-state index contributed by atoms with van der Waals surface area (Å²) < 4.78 is 5.48. The maximum atomic E-state index is 12.3. The van der Waals surface area contributed by atoms with Crippen LogP contribution in [0.25, 0.3) is 0 Å². The van der Waals surface area contributed by atoms with Gasteiger partial charge < -0.3 is 15.5 Å². The van der Waals surface area contributed by atoms with E-state index in [0.717, 1.165) is 28.1 Å². The number of nitrogens with one attached hydrogen (secondary N) is 4. The van der Waals surface area contributed by atoms with Gasteiger partial charge in [0.1, 0.15) is 5.82 Å². The summed E-state index contributed by atoms with van der Waals surface area (Å²) in [7, 11) is 0. The minimum absolute atomic E-state index is 0.0281. The van der Waals surface area contributed by atoms with E-state index in [-0.39, 0.29) is 12.1 Å². The number of aromatic nitrogens is 3. The van der Waals surface area contributed by atoms with E-state index in [1.165, 1.54) is 0 Å². The largest absolute Gasteiger partial charge is 0.478 e. The van der Waals surface area contributed by atoms with Crippen molar-refractivity contribution in [3.63, 3.8) is 0 Å². The van der Waals surface area contributed by atoms with Gasteiger partial charge >= 0.3 is 6.03 Å². The fourth-order valence-electron chi connectivity index (χ4n) is 3.27. The number of hydrogen-bond acceptors (Lipinski definition) is 7. The van der Waals surface area contributed by atoms with Gasteiger partial charge in [0.15, 0.2) is 0 Å². The van der Waals surface area contributed by atoms with E-state index >= 15 is 0 Å². The second-order valence-corrected chi connectivity index (χ2v) is 6.80. The van der Waals surface area contributed by atoms with Gasteiger partial charge in [-0.2, -0.15) is 0 Å². The molecule has 9 nitrogen and oxygen atoms in total. The highest BCUT2D eigenvalue weighted by Gasteiger charge is 2.24. The van der Waals surface area contributed by atoms with E-state index in [4.69, 9.17) is 4.74 Å². The van der Waals surface area contributed by atoms with Crippen molar-refractivity contribution < 1.29 is 9.53 Å². The summed E-state index contributed by atoms with van der Waals surface area (Å²) in [5.74, 6) is 0.965. The zero-order valence-corrected chi connectivity index (χ0v) is 16.8. The van der Waals surface area contributed by atoms with E-state index in [9.17, 15) is 4.79 Å². The number of hydrogen-bond donors (Lipinski definition) is 4. The van der Waals surface area contributed by atoms with Gasteiger partial charge in [-0.05, 0) is 37.6 Å². The fraction of sp³-hybridized carbons (Fsp3) is 0.238. The van der Waals surface area contributed by atoms with Gasteiger partial charge in [0, 0.05) is 48.0 Å². The lowest BCUT2D eigenvalue weighted by Gasteiger charge is -2.12. The molecule has 1 atom stereocenters. The molecule has 0 aliphatic carbocycles. The zero-order chi connectivity index (χ0) is 20.9. The van der Waals surface area contributed by atoms with E-state index in [0.29, 0.717) is 24.8 Å². The summed E-state index contributed by atoms with van der Waals surface area (Å²) in [5, 5.41) is 5.56. The number of aryl methyl sites for hydroxylation is 1. The first-order chi connectivity index (χ1) is 14.6. The molecule has 1 unspecified atom stereocenters. The van der Waals surface area contributed by atoms with E-state index in [1.807, 2.05) is 32.0 Å². The SMILES string of the molecule is CCOc1ncccc1CNC(=O)Nc1cc2c(cn1)C(c1ccnc(C)c1)NN2. The Morgan fingerprint density at radius 1 is 1.20 bits per heavy atom. The molecule has 0 fully saturated rings. The van der Waals surface area contributed by atoms with Gasteiger partial charge in [-0.1, -0.05) is 6.07 Å². The summed E-state index contributed by atoms with van der Waals surface area (Å²) in [6.07, 6.45) is 5.20. The molecule has 0 aromatic carbocycles. The lowest BCUT2D eigenvalue weighted by molar-refractivity contribution is 0.251. The van der Waals surface area contributed by atoms with Crippen LogP contribution in [0.1, 0.15) is 35.3 Å². The highest BCUT2D eigenvalue weighted by molar-refractivity contribution is 5.88. The van der Waals surface area contributed by atoms with Crippen LogP contribution in [-0.2, 0) is 6.54 Å². The van der Waals surface area contributed by atoms with Gasteiger partial charge in [-0.25, -0.2) is 20.2 Å². The predicted molar refractivity (Wildman–Crippen MR) is 113 cm³/mol. The number of rotatable bonds is 6. The Hall–Kier alpha value is -3.72. The number of carbonyl (C=O) groups is 1. The van der Waals surface area contributed by atoms with Crippen molar-refractivity contribution in [1.29, 1.82) is 0 Å². The van der Waals surface area contributed by atoms with Gasteiger partial charge in [0.2, 0.25) is 5.88 Å². The van der Waals surface area contributed by atoms with Crippen LogP contribution in [0.4, 0.5) is 16.3 Å². The number of carbonyl (C=O) groups excluding carboxylic acids is 1. The Bertz CT molecular complexity index is 1060. The first-order valence-electron chi connectivity index (χ1n) is 9.69. The number of hydrazine groups is 1. The number of fused-ring (bicyclic) bond motifs is 1. The number of pyridine rings is 3. The lowest BCUT2D eigenvalue weighted by Crippen LogP contribution is -2.28. The zero-order valence-electron chi connectivity index (χ0n) is 16.8. The summed E-state index contributed by atoms with van der Waals surface area (Å²) in [6.45, 7) is 4.65. The highest BCUT2D eigenvalue weighted by atomic mass is 16.5. The maximum Gasteiger partial charge on any atom is 0.320 e. The van der Waals surface area contributed by atoms with Crippen LogP contribution >= 0.6 is 0 Å². The molecule has 0 spiro atoms. The minimum atomic E-state index is -0.360. The topological polar surface area (TPSA) is 113 Å². The molecule has 4 N–H and O–H groups in total. The first-order valence-corrected chi connectivity index (χ1v) is 9.69. The van der Waals surface area contributed by atoms with Crippen molar-refractivity contribution in [1.82, 2.24) is 25.7 Å². The van der Waals surface area contributed by atoms with E-state index in [1.54, 1.807) is 30.7 Å². The monoisotopic (exact) mass is 405 g/mol. The summed E-state index contributed by atoms with van der Waals surface area (Å²) in [6, 6.07) is 9.08. The second kappa shape index (κ2) is 8.75. The Labute approximate surface area is 174 Å². The van der Waals surface area contributed by atoms with Gasteiger partial charge in [0.05, 0.1) is 18.3 Å². The van der Waals surface area contributed by atoms with Gasteiger partial charge in [-0.3, -0.25) is 10.3 Å². The standard InChI is InChI=1S/C21H23N7O2/c1-3-30-20-15(5-4-7-23-20)11-25-21(29)26-18-10-17-16(12-24-18)19(28-27-17)14-6-8-22-13(2)9-14/h4-10,12,19,27-28H,3,11H2,1-2H3,(H2,24,25,26,29). The number of nitrogens with zero attached hydrogens (tertiary/aromatic N) is 3. The van der Waals surface area contributed by atoms with Crippen LogP contribution in [0.15, 0.2) is 48.9 Å². The Morgan fingerprint density at radius 3 is 2.93 bits per heavy atom. The maximum absolute atomic E-state index is 12.3. The normalized spacial score (nSPS) is 14.5. The van der Waals surface area contributed by atoms with Crippen LogP contribution in [0.2, 0.25) is 0 Å². The van der Waals surface area contributed by atoms with Crippen LogP contribution in [-0.4, -0.2) is 27.6 Å². The minimum Gasteiger partial charge on any atom is -0.478 e. The molecular formula is C21H23N7O2. The van der Waals surface area contributed by atoms with Crippen molar-refractivity contribution in [2.75, 3.05) is 17.3 Å². The number of anilines is 2. The van der Waals surface area contributed by atoms with Crippen LogP contribution < -0.4 is 26.2 Å². The Balaban J connectivity index is 1.40. The van der Waals surface area contributed by atoms with Crippen LogP contribution in [0, 0.1) is 6.92 Å². The van der Waals surface area contributed by atoms with Crippen LogP contribution in [0.3, 0.4) is 0 Å². The molecule has 1 aliphatic rings. The quantitative estimate of drug-likeness (QED) is 0.499. The Kier molecular flexibility index (Phi) is 5.71. The molecule has 2 amide bonds. The molecule has 0 saturated carbocycles. The average Bonchev–Trinajstić information content (AvgIpc) is 3.17. The fourth-order valence-corrected chi connectivity index (χ4v) is 3.27. The molecular weight excluding hydrogens is 382 g/mol. The van der Waals surface area contributed by atoms with Crippen LogP contribution in [0.5, 0.6) is 5.88 Å². The Morgan fingerprint density at radius 2 is 2.10 bits per heavy atom. The van der Waals surface area contributed by atoms with Crippen molar-refractivity contribution in [2.45, 2.75) is 26.4 Å². The van der Waals surface area contributed by atoms with Crippen molar-refractivity contribution >= 4 is 17.5 Å². The third-order valence-corrected chi connectivity index (χ3v) is 4.66. The predicted octanol–water partition coefficient (Wildman–Crippen LogP) is 2.92. The van der Waals surface area contributed by atoms with E-state index in [2.05, 4.69) is 36.4 Å². The first kappa shape index (κ1) is 19.6. The number of amides is 2. The molecule has 30 heavy (non-hydrogen) atoms. The van der Waals surface area contributed by atoms with Gasteiger partial charge in [-0.15, -0.1) is 0 Å². The van der Waals surface area contributed by atoms with Crippen molar-refractivity contribution in [3.8, 4) is 5.88 Å². The van der Waals surface area contributed by atoms with Gasteiger partial charge in [0.25, 0.3) is 0 Å². The summed E-state index contributed by atoms with van der Waals surface area (Å²) >= 11 is 0. The third-order valence-electron chi connectivity index (χ3n) is 4.66. The molecule has 4 rings (SSSR count). The molecule has 4 heterocycles. The van der Waals surface area contributed by atoms with Crippen molar-refractivity contribution in [2.24, 2.45) is 0 Å². The molecule has 3 aromatic heterocycles. The van der Waals surface area contributed by atoms with Crippen molar-refractivity contribution in [3.05, 3.63) is 71.3 Å². The number of urea groups is 1. The molecule has 3 aromatic rings. The second-order valence-electron chi connectivity index (χ2n) is 6.80. The third kappa shape index (κ3) is 4.31. The molecule has 0 bridgehead atoms. The molecule has 1 aliphatic heterocycles. The lowest BCUT2D eigenvalue weighted by atomic mass is 10.0.